The lowest BCUT2D eigenvalue weighted by Crippen LogP contribution is -2.54. The van der Waals surface area contributed by atoms with E-state index in [1.807, 2.05) is 18.2 Å². The van der Waals surface area contributed by atoms with Crippen LogP contribution in [0.5, 0.6) is 0 Å². The molecule has 1 atom stereocenters. The van der Waals surface area contributed by atoms with Crippen molar-refractivity contribution in [3.63, 3.8) is 0 Å². The second kappa shape index (κ2) is 6.22. The average molecular weight is 355 g/mol. The standard InChI is InChI=1S/C18H19N4O2S/c1-21-15-13(17(23)22(2)18(21)24)16(20-14(19-15)12-8-9-12)25-10-11-6-4-3-5-7-11/h3-7,12-13H,8-10H2,1-2H3/q+1. The van der Waals surface area contributed by atoms with Gasteiger partial charge in [-0.3, -0.25) is 4.79 Å². The monoisotopic (exact) mass is 355 g/mol. The van der Waals surface area contributed by atoms with Gasteiger partial charge in [-0.25, -0.2) is 9.79 Å². The molecule has 128 valence electrons. The predicted molar refractivity (Wildman–Crippen MR) is 98.2 cm³/mol. The number of thioether (sulfide) groups is 1. The molecule has 3 amide bonds. The molecule has 1 aliphatic carbocycles. The van der Waals surface area contributed by atoms with Gasteiger partial charge in [0.15, 0.2) is 5.92 Å². The molecule has 7 heteroatoms. The van der Waals surface area contributed by atoms with Crippen molar-refractivity contribution < 1.29 is 14.2 Å². The molecule has 0 radical (unpaired) electrons. The van der Waals surface area contributed by atoms with Gasteiger partial charge in [0.1, 0.15) is 5.04 Å². The predicted octanol–water partition coefficient (Wildman–Crippen LogP) is 2.39. The van der Waals surface area contributed by atoms with Gasteiger partial charge in [0.2, 0.25) is 5.84 Å². The molecular formula is C18H19N4O2S+. The topological polar surface area (TPSA) is 65.1 Å². The highest BCUT2D eigenvalue weighted by Crippen LogP contribution is 2.35. The minimum absolute atomic E-state index is 0.254. The zero-order chi connectivity index (χ0) is 17.6. The van der Waals surface area contributed by atoms with E-state index in [0.29, 0.717) is 11.8 Å². The second-order valence-corrected chi connectivity index (χ2v) is 7.49. The number of rotatable bonds is 3. The van der Waals surface area contributed by atoms with Crippen molar-refractivity contribution >= 4 is 40.4 Å². The molecule has 1 aromatic carbocycles. The van der Waals surface area contributed by atoms with E-state index in [1.165, 1.54) is 17.2 Å². The maximum Gasteiger partial charge on any atom is 0.445 e. The van der Waals surface area contributed by atoms with Gasteiger partial charge in [-0.15, -0.1) is 11.8 Å². The minimum atomic E-state index is -0.580. The number of hydrogen-bond donors (Lipinski definition) is 0. The zero-order valence-corrected chi connectivity index (χ0v) is 15.0. The van der Waals surface area contributed by atoms with Gasteiger partial charge in [-0.1, -0.05) is 35.3 Å². The highest BCUT2D eigenvalue weighted by atomic mass is 32.2. The summed E-state index contributed by atoms with van der Waals surface area (Å²) in [5.41, 5.74) is 1.17. The zero-order valence-electron chi connectivity index (χ0n) is 14.2. The normalized spacial score (nSPS) is 23.4. The number of carbonyl (C=O) groups is 2. The van der Waals surface area contributed by atoms with E-state index in [4.69, 9.17) is 4.99 Å². The van der Waals surface area contributed by atoms with Crippen LogP contribution in [-0.4, -0.2) is 52.2 Å². The Bertz CT molecular complexity index is 840. The molecule has 1 unspecified atom stereocenters. The third kappa shape index (κ3) is 2.93. The Labute approximate surface area is 150 Å². The number of amides is 3. The Kier molecular flexibility index (Phi) is 4.03. The van der Waals surface area contributed by atoms with E-state index in [0.717, 1.165) is 34.4 Å². The summed E-state index contributed by atoms with van der Waals surface area (Å²) in [6, 6.07) is 9.75. The summed E-state index contributed by atoms with van der Waals surface area (Å²) >= 11 is 1.56. The van der Waals surface area contributed by atoms with Crippen LogP contribution in [0.4, 0.5) is 4.79 Å². The molecule has 1 saturated carbocycles. The van der Waals surface area contributed by atoms with Gasteiger partial charge >= 0.3 is 11.9 Å². The fraction of sp³-hybridized carbons (Fsp3) is 0.389. The molecule has 25 heavy (non-hydrogen) atoms. The molecule has 0 aromatic heterocycles. The van der Waals surface area contributed by atoms with Gasteiger partial charge in [-0.2, -0.15) is 9.48 Å². The van der Waals surface area contributed by atoms with Crippen LogP contribution >= 0.6 is 11.8 Å². The lowest BCUT2D eigenvalue weighted by molar-refractivity contribution is -0.407. The number of carbonyl (C=O) groups excluding carboxylic acids is 2. The first-order valence-electron chi connectivity index (χ1n) is 8.32. The maximum atomic E-state index is 12.7. The number of fused-ring (bicyclic) bond motifs is 1. The number of amidine groups is 2. The first-order valence-corrected chi connectivity index (χ1v) is 9.31. The fourth-order valence-corrected chi connectivity index (χ4v) is 4.00. The first-order chi connectivity index (χ1) is 12.1. The summed E-state index contributed by atoms with van der Waals surface area (Å²) < 4.78 is 1.48. The summed E-state index contributed by atoms with van der Waals surface area (Å²) in [5, 5.41) is 0.743. The van der Waals surface area contributed by atoms with Crippen LogP contribution in [0.2, 0.25) is 0 Å². The summed E-state index contributed by atoms with van der Waals surface area (Å²) in [5.74, 6) is 1.54. The van der Waals surface area contributed by atoms with E-state index >= 15 is 0 Å². The van der Waals surface area contributed by atoms with E-state index in [1.54, 1.807) is 18.8 Å². The third-order valence-corrected chi connectivity index (χ3v) is 5.73. The van der Waals surface area contributed by atoms with Crippen molar-refractivity contribution in [2.24, 2.45) is 21.8 Å². The van der Waals surface area contributed by atoms with Gasteiger partial charge in [0, 0.05) is 11.7 Å². The van der Waals surface area contributed by atoms with Crippen molar-refractivity contribution in [1.29, 1.82) is 0 Å². The minimum Gasteiger partial charge on any atom is -0.255 e. The molecule has 2 aliphatic heterocycles. The number of imide groups is 1. The van der Waals surface area contributed by atoms with Crippen LogP contribution in [-0.2, 0) is 10.5 Å². The first kappa shape index (κ1) is 16.2. The van der Waals surface area contributed by atoms with Crippen molar-refractivity contribution in [2.75, 3.05) is 14.1 Å². The maximum absolute atomic E-state index is 12.7. The number of nitrogens with zero attached hydrogens (tertiary/aromatic N) is 4. The summed E-state index contributed by atoms with van der Waals surface area (Å²) in [7, 11) is 3.18. The average Bonchev–Trinajstić information content (AvgIpc) is 3.48. The van der Waals surface area contributed by atoms with Gasteiger partial charge in [-0.05, 0) is 18.4 Å². The number of hydrogen-bond acceptors (Lipinski definition) is 5. The molecule has 1 aromatic rings. The Morgan fingerprint density at radius 1 is 1.20 bits per heavy atom. The highest BCUT2D eigenvalue weighted by Gasteiger charge is 2.50. The SMILES string of the molecule is CN1C(=O)C2C(SCc3ccccc3)=NC(C3CC3)=NC2=[N+](C)C1=O. The smallest absolute Gasteiger partial charge is 0.255 e. The van der Waals surface area contributed by atoms with Gasteiger partial charge in [0.05, 0.1) is 14.1 Å². The van der Waals surface area contributed by atoms with E-state index in [2.05, 4.69) is 17.1 Å². The van der Waals surface area contributed by atoms with Gasteiger partial charge < -0.3 is 0 Å². The Morgan fingerprint density at radius 2 is 1.92 bits per heavy atom. The number of aliphatic imine (C=N–C) groups is 2. The lowest BCUT2D eigenvalue weighted by Gasteiger charge is -2.26. The number of benzene rings is 1. The third-order valence-electron chi connectivity index (χ3n) is 4.63. The molecule has 0 bridgehead atoms. The number of urea groups is 1. The van der Waals surface area contributed by atoms with Crippen molar-refractivity contribution in [3.8, 4) is 0 Å². The Hall–Kier alpha value is -2.28. The van der Waals surface area contributed by atoms with Crippen molar-refractivity contribution in [1.82, 2.24) is 4.90 Å². The molecule has 4 rings (SSSR count). The van der Waals surface area contributed by atoms with Crippen LogP contribution in [0, 0.1) is 11.8 Å². The van der Waals surface area contributed by atoms with E-state index in [-0.39, 0.29) is 11.9 Å². The second-order valence-electron chi connectivity index (χ2n) is 6.50. The summed E-state index contributed by atoms with van der Waals surface area (Å²) in [6.45, 7) is 0. The molecule has 0 spiro atoms. The molecule has 0 saturated heterocycles. The quantitative estimate of drug-likeness (QED) is 0.782. The van der Waals surface area contributed by atoms with Crippen LogP contribution in [0.15, 0.2) is 40.3 Å². The van der Waals surface area contributed by atoms with Crippen LogP contribution < -0.4 is 0 Å². The largest absolute Gasteiger partial charge is 0.445 e. The molecule has 0 N–H and O–H groups in total. The van der Waals surface area contributed by atoms with E-state index < -0.39 is 5.92 Å². The summed E-state index contributed by atoms with van der Waals surface area (Å²) in [4.78, 5) is 35.4. The molecule has 1 fully saturated rings. The van der Waals surface area contributed by atoms with Crippen LogP contribution in [0.3, 0.4) is 0 Å². The molecule has 3 aliphatic rings. The highest BCUT2D eigenvalue weighted by molar-refractivity contribution is 8.13. The Balaban J connectivity index is 1.69. The molecule has 6 nitrogen and oxygen atoms in total. The molecule has 2 heterocycles. The van der Waals surface area contributed by atoms with Crippen molar-refractivity contribution in [3.05, 3.63) is 35.9 Å². The van der Waals surface area contributed by atoms with Crippen molar-refractivity contribution in [2.45, 2.75) is 18.6 Å². The van der Waals surface area contributed by atoms with Gasteiger partial charge in [0.25, 0.3) is 5.84 Å². The Morgan fingerprint density at radius 3 is 2.60 bits per heavy atom. The lowest BCUT2D eigenvalue weighted by atomic mass is 10.0. The van der Waals surface area contributed by atoms with Crippen LogP contribution in [0.1, 0.15) is 18.4 Å². The summed E-state index contributed by atoms with van der Waals surface area (Å²) in [6.07, 6.45) is 2.14. The van der Waals surface area contributed by atoms with Crippen LogP contribution in [0.25, 0.3) is 0 Å². The van der Waals surface area contributed by atoms with E-state index in [9.17, 15) is 9.59 Å². The molecular weight excluding hydrogens is 336 g/mol. The fourth-order valence-electron chi connectivity index (χ4n) is 2.96.